The predicted molar refractivity (Wildman–Crippen MR) is 88.3 cm³/mol. The Morgan fingerprint density at radius 3 is 2.29 bits per heavy atom. The smallest absolute Gasteiger partial charge is 0.160 e. The standard InChI is InChI=1S/C19H36O2/c1-3-5-7-8-16-10-12-17(13-11-16)19-20-15-14-18(21-19)9-6-4-2/h16-19H,3-15H2,1-2H3. The molecule has 1 heterocycles. The Hall–Kier alpha value is -0.0800. The maximum absolute atomic E-state index is 6.24. The monoisotopic (exact) mass is 296 g/mol. The summed E-state index contributed by atoms with van der Waals surface area (Å²) >= 11 is 0. The first kappa shape index (κ1) is 17.3. The Morgan fingerprint density at radius 2 is 1.57 bits per heavy atom. The lowest BCUT2D eigenvalue weighted by Gasteiger charge is -2.38. The van der Waals surface area contributed by atoms with Crippen molar-refractivity contribution < 1.29 is 9.47 Å². The molecular weight excluding hydrogens is 260 g/mol. The van der Waals surface area contributed by atoms with E-state index in [1.54, 1.807) is 0 Å². The fourth-order valence-electron chi connectivity index (χ4n) is 3.94. The van der Waals surface area contributed by atoms with Gasteiger partial charge in [-0.15, -0.1) is 0 Å². The van der Waals surface area contributed by atoms with Crippen molar-refractivity contribution in [1.82, 2.24) is 0 Å². The van der Waals surface area contributed by atoms with E-state index < -0.39 is 0 Å². The number of hydrogen-bond donors (Lipinski definition) is 0. The van der Waals surface area contributed by atoms with Crippen LogP contribution in [0.2, 0.25) is 0 Å². The molecule has 1 aliphatic heterocycles. The highest BCUT2D eigenvalue weighted by Gasteiger charge is 2.32. The summed E-state index contributed by atoms with van der Waals surface area (Å²) in [7, 11) is 0. The lowest BCUT2D eigenvalue weighted by molar-refractivity contribution is -0.241. The van der Waals surface area contributed by atoms with Gasteiger partial charge in [-0.3, -0.25) is 0 Å². The quantitative estimate of drug-likeness (QED) is 0.535. The van der Waals surface area contributed by atoms with Gasteiger partial charge in [-0.25, -0.2) is 0 Å². The molecule has 2 unspecified atom stereocenters. The van der Waals surface area contributed by atoms with Crippen molar-refractivity contribution in [2.24, 2.45) is 11.8 Å². The van der Waals surface area contributed by atoms with Crippen molar-refractivity contribution in [3.05, 3.63) is 0 Å². The molecule has 0 bridgehead atoms. The van der Waals surface area contributed by atoms with Gasteiger partial charge >= 0.3 is 0 Å². The van der Waals surface area contributed by atoms with Crippen molar-refractivity contribution in [2.45, 2.75) is 103 Å². The minimum Gasteiger partial charge on any atom is -0.352 e. The van der Waals surface area contributed by atoms with Gasteiger partial charge in [0.25, 0.3) is 0 Å². The molecule has 2 nitrogen and oxygen atoms in total. The third-order valence-corrected chi connectivity index (χ3v) is 5.42. The highest BCUT2D eigenvalue weighted by Crippen LogP contribution is 2.36. The van der Waals surface area contributed by atoms with Crippen LogP contribution < -0.4 is 0 Å². The van der Waals surface area contributed by atoms with E-state index in [-0.39, 0.29) is 6.29 Å². The lowest BCUT2D eigenvalue weighted by atomic mass is 9.79. The third kappa shape index (κ3) is 5.90. The first-order valence-electron chi connectivity index (χ1n) is 9.60. The summed E-state index contributed by atoms with van der Waals surface area (Å²) < 4.78 is 12.2. The van der Waals surface area contributed by atoms with Gasteiger partial charge in [0.05, 0.1) is 12.7 Å². The minimum atomic E-state index is 0.109. The number of hydrogen-bond acceptors (Lipinski definition) is 2. The molecule has 2 heteroatoms. The molecule has 1 saturated heterocycles. The number of unbranched alkanes of at least 4 members (excludes halogenated alkanes) is 3. The SMILES string of the molecule is CCCCCC1CCC(C2OCCC(CCCC)O2)CC1. The minimum absolute atomic E-state index is 0.109. The van der Waals surface area contributed by atoms with Crippen LogP contribution in [0.15, 0.2) is 0 Å². The van der Waals surface area contributed by atoms with Crippen molar-refractivity contribution >= 4 is 0 Å². The fourth-order valence-corrected chi connectivity index (χ4v) is 3.94. The van der Waals surface area contributed by atoms with Crippen LogP contribution >= 0.6 is 0 Å². The van der Waals surface area contributed by atoms with E-state index in [0.29, 0.717) is 12.0 Å². The second-order valence-electron chi connectivity index (χ2n) is 7.20. The van der Waals surface area contributed by atoms with Gasteiger partial charge in [0.2, 0.25) is 0 Å². The number of rotatable bonds is 8. The van der Waals surface area contributed by atoms with Gasteiger partial charge < -0.3 is 9.47 Å². The van der Waals surface area contributed by atoms with Crippen LogP contribution in [0.4, 0.5) is 0 Å². The summed E-state index contributed by atoms with van der Waals surface area (Å²) in [4.78, 5) is 0. The second kappa shape index (κ2) is 9.84. The van der Waals surface area contributed by atoms with E-state index in [9.17, 15) is 0 Å². The summed E-state index contributed by atoms with van der Waals surface area (Å²) in [5, 5.41) is 0. The molecule has 1 aliphatic carbocycles. The molecule has 2 atom stereocenters. The van der Waals surface area contributed by atoms with Crippen LogP contribution in [0.1, 0.15) is 90.9 Å². The highest BCUT2D eigenvalue weighted by molar-refractivity contribution is 4.77. The summed E-state index contributed by atoms with van der Waals surface area (Å²) in [5.74, 6) is 1.64. The average Bonchev–Trinajstić information content (AvgIpc) is 2.54. The molecule has 124 valence electrons. The van der Waals surface area contributed by atoms with E-state index in [1.807, 2.05) is 0 Å². The predicted octanol–water partition coefficient (Wildman–Crippen LogP) is 5.69. The molecule has 0 radical (unpaired) electrons. The molecule has 1 saturated carbocycles. The van der Waals surface area contributed by atoms with Crippen LogP contribution in [0.5, 0.6) is 0 Å². The van der Waals surface area contributed by atoms with Crippen LogP contribution in [0.25, 0.3) is 0 Å². The van der Waals surface area contributed by atoms with Gasteiger partial charge in [0, 0.05) is 5.92 Å². The molecule has 0 aromatic rings. The number of ether oxygens (including phenoxy) is 2. The Kier molecular flexibility index (Phi) is 8.10. The van der Waals surface area contributed by atoms with Crippen molar-refractivity contribution in [2.75, 3.05) is 6.61 Å². The van der Waals surface area contributed by atoms with Gasteiger partial charge in [-0.05, 0) is 44.4 Å². The molecule has 2 fully saturated rings. The summed E-state index contributed by atoms with van der Waals surface area (Å²) in [6, 6.07) is 0. The van der Waals surface area contributed by atoms with E-state index >= 15 is 0 Å². The normalized spacial score (nSPS) is 34.0. The Balaban J connectivity index is 1.66. The zero-order valence-electron chi connectivity index (χ0n) is 14.3. The van der Waals surface area contributed by atoms with E-state index in [0.717, 1.165) is 18.9 Å². The van der Waals surface area contributed by atoms with Gasteiger partial charge in [-0.1, -0.05) is 52.4 Å². The largest absolute Gasteiger partial charge is 0.352 e. The summed E-state index contributed by atoms with van der Waals surface area (Å²) in [5.41, 5.74) is 0. The lowest BCUT2D eigenvalue weighted by Crippen LogP contribution is -2.38. The molecule has 0 aromatic carbocycles. The van der Waals surface area contributed by atoms with Gasteiger partial charge in [0.15, 0.2) is 6.29 Å². The van der Waals surface area contributed by atoms with Gasteiger partial charge in [-0.2, -0.15) is 0 Å². The van der Waals surface area contributed by atoms with Crippen LogP contribution in [0, 0.1) is 11.8 Å². The van der Waals surface area contributed by atoms with Crippen molar-refractivity contribution in [1.29, 1.82) is 0 Å². The van der Waals surface area contributed by atoms with Crippen LogP contribution in [-0.2, 0) is 9.47 Å². The first-order chi connectivity index (χ1) is 10.3. The molecule has 21 heavy (non-hydrogen) atoms. The van der Waals surface area contributed by atoms with E-state index in [1.165, 1.54) is 70.6 Å². The Bertz CT molecular complexity index is 258. The highest BCUT2D eigenvalue weighted by atomic mass is 16.7. The molecule has 0 aromatic heterocycles. The fraction of sp³-hybridized carbons (Fsp3) is 1.00. The average molecular weight is 296 g/mol. The van der Waals surface area contributed by atoms with E-state index in [2.05, 4.69) is 13.8 Å². The van der Waals surface area contributed by atoms with Crippen LogP contribution in [0.3, 0.4) is 0 Å². The van der Waals surface area contributed by atoms with E-state index in [4.69, 9.17) is 9.47 Å². The zero-order valence-corrected chi connectivity index (χ0v) is 14.3. The Labute approximate surface area is 132 Å². The summed E-state index contributed by atoms with van der Waals surface area (Å²) in [6.07, 6.45) is 16.5. The van der Waals surface area contributed by atoms with Crippen molar-refractivity contribution in [3.8, 4) is 0 Å². The second-order valence-corrected chi connectivity index (χ2v) is 7.20. The van der Waals surface area contributed by atoms with Gasteiger partial charge in [0.1, 0.15) is 0 Å². The maximum atomic E-state index is 6.24. The topological polar surface area (TPSA) is 18.5 Å². The van der Waals surface area contributed by atoms with Crippen molar-refractivity contribution in [3.63, 3.8) is 0 Å². The summed E-state index contributed by atoms with van der Waals surface area (Å²) in [6.45, 7) is 5.47. The molecule has 0 amide bonds. The zero-order chi connectivity index (χ0) is 14.9. The molecule has 2 aliphatic rings. The molecular formula is C19H36O2. The third-order valence-electron chi connectivity index (χ3n) is 5.42. The van der Waals surface area contributed by atoms with Crippen LogP contribution in [-0.4, -0.2) is 19.0 Å². The maximum Gasteiger partial charge on any atom is 0.160 e. The first-order valence-corrected chi connectivity index (χ1v) is 9.60. The molecule has 2 rings (SSSR count). The molecule has 0 spiro atoms. The Morgan fingerprint density at radius 1 is 0.810 bits per heavy atom. The molecule has 0 N–H and O–H groups in total.